The summed E-state index contributed by atoms with van der Waals surface area (Å²) in [4.78, 5) is 37.2. The van der Waals surface area contributed by atoms with Crippen LogP contribution in [0.2, 0.25) is 5.02 Å². The Balaban J connectivity index is 1.60. The molecular formula is C24H19ClN2O5. The van der Waals surface area contributed by atoms with Gasteiger partial charge in [0, 0.05) is 5.56 Å². The Kier molecular flexibility index (Phi) is 5.83. The van der Waals surface area contributed by atoms with Crippen molar-refractivity contribution in [2.45, 2.75) is 13.8 Å². The van der Waals surface area contributed by atoms with Gasteiger partial charge in [0.1, 0.15) is 17.1 Å². The minimum absolute atomic E-state index is 0.0465. The van der Waals surface area contributed by atoms with Crippen molar-refractivity contribution in [1.82, 2.24) is 5.43 Å². The highest BCUT2D eigenvalue weighted by molar-refractivity contribution is 6.33. The highest BCUT2D eigenvalue weighted by Crippen LogP contribution is 2.29. The highest BCUT2D eigenvalue weighted by atomic mass is 35.5. The lowest BCUT2D eigenvalue weighted by molar-refractivity contribution is -0.117. The molecule has 1 aliphatic rings. The predicted octanol–water partition coefficient (Wildman–Crippen LogP) is 4.55. The maximum absolute atomic E-state index is 12.8. The van der Waals surface area contributed by atoms with Gasteiger partial charge in [0.2, 0.25) is 0 Å². The van der Waals surface area contributed by atoms with E-state index in [0.29, 0.717) is 22.8 Å². The van der Waals surface area contributed by atoms with E-state index in [1.54, 1.807) is 49.4 Å². The SMILES string of the molecule is CCOC(=O)c1cc(-c2ccc(/C=C3/C(=O)NN(c4ccc(C)cc4)C3=O)o2)ccc1Cl. The smallest absolute Gasteiger partial charge is 0.339 e. The maximum atomic E-state index is 12.8. The van der Waals surface area contributed by atoms with Gasteiger partial charge in [-0.3, -0.25) is 15.0 Å². The predicted molar refractivity (Wildman–Crippen MR) is 120 cm³/mol. The molecule has 1 aromatic heterocycles. The minimum atomic E-state index is -0.530. The summed E-state index contributed by atoms with van der Waals surface area (Å²) in [6.07, 6.45) is 1.39. The van der Waals surface area contributed by atoms with Crippen LogP contribution in [0.4, 0.5) is 5.69 Å². The summed E-state index contributed by atoms with van der Waals surface area (Å²) in [5.41, 5.74) is 4.94. The number of nitrogens with one attached hydrogen (secondary N) is 1. The summed E-state index contributed by atoms with van der Waals surface area (Å²) in [7, 11) is 0. The fourth-order valence-electron chi connectivity index (χ4n) is 3.20. The molecule has 0 saturated carbocycles. The Morgan fingerprint density at radius 3 is 2.59 bits per heavy atom. The number of ether oxygens (including phenoxy) is 1. The first kappa shape index (κ1) is 21.4. The Morgan fingerprint density at radius 2 is 1.88 bits per heavy atom. The molecule has 1 fully saturated rings. The quantitative estimate of drug-likeness (QED) is 0.350. The summed E-state index contributed by atoms with van der Waals surface area (Å²) in [5.74, 6) is -0.771. The fourth-order valence-corrected chi connectivity index (χ4v) is 3.40. The van der Waals surface area contributed by atoms with Crippen molar-refractivity contribution in [2.75, 3.05) is 11.6 Å². The molecule has 0 radical (unpaired) electrons. The zero-order chi connectivity index (χ0) is 22.8. The number of hydrazine groups is 1. The molecule has 2 heterocycles. The van der Waals surface area contributed by atoms with Crippen LogP contribution in [0.1, 0.15) is 28.6 Å². The van der Waals surface area contributed by atoms with Crippen molar-refractivity contribution in [3.8, 4) is 11.3 Å². The number of hydrogen-bond donors (Lipinski definition) is 1. The van der Waals surface area contributed by atoms with Gasteiger partial charge in [0.05, 0.1) is 22.9 Å². The Morgan fingerprint density at radius 1 is 1.12 bits per heavy atom. The average molecular weight is 451 g/mol. The first-order valence-corrected chi connectivity index (χ1v) is 10.3. The third kappa shape index (κ3) is 4.15. The molecule has 7 nitrogen and oxygen atoms in total. The molecule has 1 aliphatic heterocycles. The summed E-state index contributed by atoms with van der Waals surface area (Å²) in [6.45, 7) is 3.88. The van der Waals surface area contributed by atoms with Crippen molar-refractivity contribution in [3.05, 3.63) is 82.1 Å². The maximum Gasteiger partial charge on any atom is 0.339 e. The van der Waals surface area contributed by atoms with Gasteiger partial charge in [-0.25, -0.2) is 9.80 Å². The van der Waals surface area contributed by atoms with E-state index in [9.17, 15) is 14.4 Å². The number of carbonyl (C=O) groups excluding carboxylic acids is 3. The number of halogens is 1. The van der Waals surface area contributed by atoms with Crippen molar-refractivity contribution < 1.29 is 23.5 Å². The van der Waals surface area contributed by atoms with Crippen LogP contribution in [0.25, 0.3) is 17.4 Å². The molecular weight excluding hydrogens is 432 g/mol. The van der Waals surface area contributed by atoms with Gasteiger partial charge in [0.25, 0.3) is 11.8 Å². The number of carbonyl (C=O) groups is 3. The lowest BCUT2D eigenvalue weighted by atomic mass is 10.1. The van der Waals surface area contributed by atoms with Gasteiger partial charge in [-0.2, -0.15) is 0 Å². The van der Waals surface area contributed by atoms with Crippen LogP contribution >= 0.6 is 11.6 Å². The molecule has 0 aliphatic carbocycles. The van der Waals surface area contributed by atoms with Gasteiger partial charge in [0.15, 0.2) is 0 Å². The molecule has 32 heavy (non-hydrogen) atoms. The van der Waals surface area contributed by atoms with E-state index in [1.807, 2.05) is 19.1 Å². The number of benzene rings is 2. The topological polar surface area (TPSA) is 88.9 Å². The van der Waals surface area contributed by atoms with E-state index in [4.69, 9.17) is 20.8 Å². The number of aryl methyl sites for hydroxylation is 1. The van der Waals surface area contributed by atoms with E-state index >= 15 is 0 Å². The molecule has 8 heteroatoms. The van der Waals surface area contributed by atoms with Gasteiger partial charge >= 0.3 is 5.97 Å². The molecule has 0 bridgehead atoms. The second-order valence-electron chi connectivity index (χ2n) is 7.09. The first-order valence-electron chi connectivity index (χ1n) is 9.88. The van der Waals surface area contributed by atoms with Gasteiger partial charge < -0.3 is 9.15 Å². The molecule has 0 unspecified atom stereocenters. The summed E-state index contributed by atoms with van der Waals surface area (Å²) in [5, 5.41) is 1.47. The second-order valence-corrected chi connectivity index (χ2v) is 7.50. The second kappa shape index (κ2) is 8.72. The molecule has 4 rings (SSSR count). The Bertz CT molecular complexity index is 1240. The van der Waals surface area contributed by atoms with Gasteiger partial charge in [-0.15, -0.1) is 0 Å². The van der Waals surface area contributed by atoms with Crippen LogP contribution in [0.3, 0.4) is 0 Å². The summed E-state index contributed by atoms with van der Waals surface area (Å²) in [6, 6.07) is 15.4. The van der Waals surface area contributed by atoms with Crippen LogP contribution in [0, 0.1) is 6.92 Å². The van der Waals surface area contributed by atoms with E-state index in [0.717, 1.165) is 5.56 Å². The van der Waals surface area contributed by atoms with Crippen LogP contribution in [0.5, 0.6) is 0 Å². The summed E-state index contributed by atoms with van der Waals surface area (Å²) < 4.78 is 10.8. The normalized spacial score (nSPS) is 14.7. The number of nitrogens with zero attached hydrogens (tertiary/aromatic N) is 1. The zero-order valence-electron chi connectivity index (χ0n) is 17.3. The molecule has 0 spiro atoms. The largest absolute Gasteiger partial charge is 0.462 e. The Labute approximate surface area is 189 Å². The monoisotopic (exact) mass is 450 g/mol. The lowest BCUT2D eigenvalue weighted by Gasteiger charge is -2.14. The number of anilines is 1. The van der Waals surface area contributed by atoms with Crippen LogP contribution in [0.15, 0.2) is 64.6 Å². The van der Waals surface area contributed by atoms with Gasteiger partial charge in [-0.05, 0) is 62.4 Å². The molecule has 3 aromatic rings. The number of furan rings is 1. The van der Waals surface area contributed by atoms with Crippen LogP contribution in [-0.2, 0) is 14.3 Å². The number of amides is 2. The van der Waals surface area contributed by atoms with E-state index in [2.05, 4.69) is 5.43 Å². The van der Waals surface area contributed by atoms with E-state index < -0.39 is 17.8 Å². The minimum Gasteiger partial charge on any atom is -0.462 e. The molecule has 2 aromatic carbocycles. The first-order chi connectivity index (χ1) is 15.4. The molecule has 0 atom stereocenters. The Hall–Kier alpha value is -3.84. The van der Waals surface area contributed by atoms with Crippen molar-refractivity contribution in [1.29, 1.82) is 0 Å². The lowest BCUT2D eigenvalue weighted by Crippen LogP contribution is -2.35. The zero-order valence-corrected chi connectivity index (χ0v) is 18.1. The summed E-state index contributed by atoms with van der Waals surface area (Å²) >= 11 is 6.11. The fraction of sp³-hybridized carbons (Fsp3) is 0.125. The van der Waals surface area contributed by atoms with Crippen molar-refractivity contribution in [3.63, 3.8) is 0 Å². The standard InChI is InChI=1S/C24H19ClN2O5/c1-3-31-24(30)18-12-15(6-10-20(18)25)21-11-9-17(32-21)13-19-22(28)26-27(23(19)29)16-7-4-14(2)5-8-16/h4-13H,3H2,1-2H3,(H,26,28)/b19-13-. The van der Waals surface area contributed by atoms with Crippen molar-refractivity contribution >= 4 is 41.1 Å². The number of rotatable bonds is 5. The molecule has 1 saturated heterocycles. The van der Waals surface area contributed by atoms with Crippen LogP contribution in [-0.4, -0.2) is 24.4 Å². The number of esters is 1. The molecule has 1 N–H and O–H groups in total. The third-order valence-corrected chi connectivity index (χ3v) is 5.17. The molecule has 162 valence electrons. The van der Waals surface area contributed by atoms with E-state index in [-0.39, 0.29) is 22.8 Å². The van der Waals surface area contributed by atoms with E-state index in [1.165, 1.54) is 11.1 Å². The van der Waals surface area contributed by atoms with Crippen LogP contribution < -0.4 is 10.4 Å². The van der Waals surface area contributed by atoms with Gasteiger partial charge in [-0.1, -0.05) is 29.3 Å². The highest BCUT2D eigenvalue weighted by Gasteiger charge is 2.34. The number of hydrogen-bond acceptors (Lipinski definition) is 5. The third-order valence-electron chi connectivity index (χ3n) is 4.84. The molecule has 2 amide bonds. The van der Waals surface area contributed by atoms with Crippen molar-refractivity contribution in [2.24, 2.45) is 0 Å². The average Bonchev–Trinajstić information content (AvgIpc) is 3.35.